The Morgan fingerprint density at radius 1 is 0.333 bits per heavy atom. The molecule has 7 aromatic rings. The third kappa shape index (κ3) is 6.65. The fourth-order valence-electron chi connectivity index (χ4n) is 6.28. The first kappa shape index (κ1) is 30.8. The fraction of sp³-hybridized carbons (Fsp3) is 0.0870. The van der Waals surface area contributed by atoms with Gasteiger partial charge in [0, 0.05) is 34.1 Å². The molecule has 0 saturated carbocycles. The van der Waals surface area contributed by atoms with E-state index in [-0.39, 0.29) is 0 Å². The Morgan fingerprint density at radius 3 is 0.958 bits per heavy atom. The minimum absolute atomic E-state index is 0.540. The zero-order valence-electron chi connectivity index (χ0n) is 27.6. The van der Waals surface area contributed by atoms with E-state index < -0.39 is 0 Å². The van der Waals surface area contributed by atoms with E-state index in [1.807, 2.05) is 0 Å². The molecule has 0 amide bonds. The molecule has 0 aliphatic rings. The zero-order chi connectivity index (χ0) is 32.7. The van der Waals surface area contributed by atoms with Crippen molar-refractivity contribution in [3.8, 4) is 22.3 Å². The molecule has 2 heteroatoms. The first-order valence-corrected chi connectivity index (χ1v) is 16.8. The molecule has 0 aliphatic heterocycles. The Hall–Kier alpha value is -5.86. The summed E-state index contributed by atoms with van der Waals surface area (Å²) in [6, 6.07) is 67.4. The van der Waals surface area contributed by atoms with E-state index in [1.165, 1.54) is 27.8 Å². The van der Waals surface area contributed by atoms with Gasteiger partial charge in [0.1, 0.15) is 0 Å². The molecule has 48 heavy (non-hydrogen) atoms. The SMILES string of the molecule is CCC(C)c1ccc(N(c2ccccc2)c2ccc(N(c3ccc(-c4ccccc4)cc3)c3ccc(-c4ccccc4)cc3)cc2)cc1. The summed E-state index contributed by atoms with van der Waals surface area (Å²) in [5.41, 5.74) is 12.9. The van der Waals surface area contributed by atoms with Gasteiger partial charge in [-0.3, -0.25) is 0 Å². The highest BCUT2D eigenvalue weighted by Gasteiger charge is 2.17. The van der Waals surface area contributed by atoms with Gasteiger partial charge in [0.05, 0.1) is 0 Å². The number of nitrogens with zero attached hydrogens (tertiary/aromatic N) is 2. The van der Waals surface area contributed by atoms with Gasteiger partial charge in [0.2, 0.25) is 0 Å². The van der Waals surface area contributed by atoms with Crippen LogP contribution in [0.25, 0.3) is 22.3 Å². The normalized spacial score (nSPS) is 11.5. The summed E-state index contributed by atoms with van der Waals surface area (Å²) in [5, 5.41) is 0. The van der Waals surface area contributed by atoms with Crippen LogP contribution >= 0.6 is 0 Å². The summed E-state index contributed by atoms with van der Waals surface area (Å²) in [6.45, 7) is 4.54. The lowest BCUT2D eigenvalue weighted by atomic mass is 9.98. The van der Waals surface area contributed by atoms with Crippen LogP contribution in [0.5, 0.6) is 0 Å². The number of para-hydroxylation sites is 1. The lowest BCUT2D eigenvalue weighted by Gasteiger charge is -2.28. The second-order valence-electron chi connectivity index (χ2n) is 12.2. The third-order valence-electron chi connectivity index (χ3n) is 9.18. The molecule has 2 nitrogen and oxygen atoms in total. The van der Waals surface area contributed by atoms with E-state index >= 15 is 0 Å². The van der Waals surface area contributed by atoms with Gasteiger partial charge < -0.3 is 9.80 Å². The maximum absolute atomic E-state index is 2.33. The van der Waals surface area contributed by atoms with Crippen LogP contribution in [0.3, 0.4) is 0 Å². The zero-order valence-corrected chi connectivity index (χ0v) is 27.6. The molecule has 0 fully saturated rings. The highest BCUT2D eigenvalue weighted by Crippen LogP contribution is 2.40. The standard InChI is InChI=1S/C46H40N2/c1-3-35(2)36-19-25-42(26-20-36)47(41-17-11-6-12-18-41)45-31-33-46(34-32-45)48(43-27-21-39(22-28-43)37-13-7-4-8-14-37)44-29-23-40(24-30-44)38-15-9-5-10-16-38/h4-35H,3H2,1-2H3. The van der Waals surface area contributed by atoms with E-state index in [2.05, 4.69) is 212 Å². The molecule has 1 atom stereocenters. The van der Waals surface area contributed by atoms with E-state index in [9.17, 15) is 0 Å². The molecule has 0 radical (unpaired) electrons. The van der Waals surface area contributed by atoms with Crippen LogP contribution in [0.15, 0.2) is 188 Å². The smallest absolute Gasteiger partial charge is 0.0463 e. The van der Waals surface area contributed by atoms with Crippen LogP contribution in [-0.4, -0.2) is 0 Å². The molecule has 0 heterocycles. The van der Waals surface area contributed by atoms with E-state index in [0.29, 0.717) is 5.92 Å². The lowest BCUT2D eigenvalue weighted by molar-refractivity contribution is 0.733. The van der Waals surface area contributed by atoms with Crippen molar-refractivity contribution in [3.63, 3.8) is 0 Å². The highest BCUT2D eigenvalue weighted by molar-refractivity contribution is 5.82. The first-order valence-electron chi connectivity index (χ1n) is 16.8. The van der Waals surface area contributed by atoms with Gasteiger partial charge in [-0.2, -0.15) is 0 Å². The Balaban J connectivity index is 1.27. The molecule has 234 valence electrons. The number of benzene rings is 7. The van der Waals surface area contributed by atoms with Crippen molar-refractivity contribution in [1.82, 2.24) is 0 Å². The van der Waals surface area contributed by atoms with Gasteiger partial charge in [0.15, 0.2) is 0 Å². The maximum atomic E-state index is 2.33. The van der Waals surface area contributed by atoms with Crippen LogP contribution in [0.4, 0.5) is 34.1 Å². The Morgan fingerprint density at radius 2 is 0.604 bits per heavy atom. The van der Waals surface area contributed by atoms with Crippen molar-refractivity contribution in [2.75, 3.05) is 9.80 Å². The van der Waals surface area contributed by atoms with Gasteiger partial charge >= 0.3 is 0 Å². The topological polar surface area (TPSA) is 6.48 Å². The molecule has 0 saturated heterocycles. The number of anilines is 6. The minimum Gasteiger partial charge on any atom is -0.311 e. The monoisotopic (exact) mass is 620 g/mol. The summed E-state index contributed by atoms with van der Waals surface area (Å²) < 4.78 is 0. The Labute approximate surface area is 285 Å². The van der Waals surface area contributed by atoms with Gasteiger partial charge in [-0.15, -0.1) is 0 Å². The van der Waals surface area contributed by atoms with Crippen molar-refractivity contribution in [3.05, 3.63) is 194 Å². The maximum Gasteiger partial charge on any atom is 0.0463 e. The Bertz CT molecular complexity index is 1930. The van der Waals surface area contributed by atoms with Crippen LogP contribution in [0, 0.1) is 0 Å². The molecule has 0 aliphatic carbocycles. The molecule has 7 aromatic carbocycles. The second-order valence-corrected chi connectivity index (χ2v) is 12.2. The van der Waals surface area contributed by atoms with Crippen molar-refractivity contribution >= 4 is 34.1 Å². The molecule has 0 spiro atoms. The van der Waals surface area contributed by atoms with E-state index in [0.717, 1.165) is 40.5 Å². The number of rotatable bonds is 10. The first-order chi connectivity index (χ1) is 23.7. The van der Waals surface area contributed by atoms with E-state index in [4.69, 9.17) is 0 Å². The summed E-state index contributed by atoms with van der Waals surface area (Å²) in [4.78, 5) is 4.67. The number of hydrogen-bond acceptors (Lipinski definition) is 2. The van der Waals surface area contributed by atoms with Crippen LogP contribution in [0.2, 0.25) is 0 Å². The predicted molar refractivity (Wildman–Crippen MR) is 205 cm³/mol. The fourth-order valence-corrected chi connectivity index (χ4v) is 6.28. The van der Waals surface area contributed by atoms with Gasteiger partial charge in [-0.1, -0.05) is 129 Å². The Kier molecular flexibility index (Phi) is 9.15. The van der Waals surface area contributed by atoms with Gasteiger partial charge in [-0.05, 0) is 113 Å². The summed E-state index contributed by atoms with van der Waals surface area (Å²) >= 11 is 0. The molecule has 0 aromatic heterocycles. The van der Waals surface area contributed by atoms with Crippen molar-refractivity contribution in [2.45, 2.75) is 26.2 Å². The summed E-state index contributed by atoms with van der Waals surface area (Å²) in [6.07, 6.45) is 1.13. The summed E-state index contributed by atoms with van der Waals surface area (Å²) in [5.74, 6) is 0.540. The molecule has 0 bridgehead atoms. The van der Waals surface area contributed by atoms with Crippen molar-refractivity contribution in [2.24, 2.45) is 0 Å². The third-order valence-corrected chi connectivity index (χ3v) is 9.18. The largest absolute Gasteiger partial charge is 0.311 e. The van der Waals surface area contributed by atoms with Crippen molar-refractivity contribution < 1.29 is 0 Å². The average molecular weight is 621 g/mol. The lowest BCUT2D eigenvalue weighted by Crippen LogP contribution is -2.12. The molecule has 1 unspecified atom stereocenters. The van der Waals surface area contributed by atoms with Gasteiger partial charge in [-0.25, -0.2) is 0 Å². The predicted octanol–water partition coefficient (Wildman–Crippen LogP) is 13.5. The minimum atomic E-state index is 0.540. The van der Waals surface area contributed by atoms with Crippen LogP contribution < -0.4 is 9.80 Å². The second kappa shape index (κ2) is 14.3. The number of hydrogen-bond donors (Lipinski definition) is 0. The van der Waals surface area contributed by atoms with Gasteiger partial charge in [0.25, 0.3) is 0 Å². The quantitative estimate of drug-likeness (QED) is 0.150. The molecule has 0 N–H and O–H groups in total. The molecule has 7 rings (SSSR count). The van der Waals surface area contributed by atoms with Crippen LogP contribution in [-0.2, 0) is 0 Å². The average Bonchev–Trinajstić information content (AvgIpc) is 3.17. The van der Waals surface area contributed by atoms with Crippen molar-refractivity contribution in [1.29, 1.82) is 0 Å². The van der Waals surface area contributed by atoms with E-state index in [1.54, 1.807) is 0 Å². The highest BCUT2D eigenvalue weighted by atomic mass is 15.2. The summed E-state index contributed by atoms with van der Waals surface area (Å²) in [7, 11) is 0. The van der Waals surface area contributed by atoms with Crippen LogP contribution in [0.1, 0.15) is 31.7 Å². The molecular weight excluding hydrogens is 581 g/mol. The molecular formula is C46H40N2.